The first-order valence-electron chi connectivity index (χ1n) is 6.50. The molecule has 0 spiro atoms. The summed E-state index contributed by atoms with van der Waals surface area (Å²) in [5, 5.41) is 0. The molecule has 0 bridgehead atoms. The van der Waals surface area contributed by atoms with Crippen molar-refractivity contribution in [3.8, 4) is 10.4 Å². The Labute approximate surface area is 117 Å². The van der Waals surface area contributed by atoms with Crippen molar-refractivity contribution in [1.82, 2.24) is 0 Å². The Balaban J connectivity index is 1.85. The highest BCUT2D eigenvalue weighted by molar-refractivity contribution is 7.17. The van der Waals surface area contributed by atoms with E-state index in [1.807, 2.05) is 18.2 Å². The SMILES string of the molecule is COCc1cccc(-c2ccc(C(=O)C3CC3)s2)c1. The number of carbonyl (C=O) groups is 1. The Morgan fingerprint density at radius 2 is 2.16 bits per heavy atom. The van der Waals surface area contributed by atoms with E-state index >= 15 is 0 Å². The molecule has 2 nitrogen and oxygen atoms in total. The lowest BCUT2D eigenvalue weighted by Gasteiger charge is -2.02. The molecule has 0 unspecified atom stereocenters. The van der Waals surface area contributed by atoms with Gasteiger partial charge in [0.05, 0.1) is 11.5 Å². The normalized spacial score (nSPS) is 14.6. The van der Waals surface area contributed by atoms with E-state index in [1.165, 1.54) is 0 Å². The van der Waals surface area contributed by atoms with Crippen molar-refractivity contribution in [2.75, 3.05) is 7.11 Å². The molecule has 0 atom stereocenters. The van der Waals surface area contributed by atoms with Gasteiger partial charge in [-0.1, -0.05) is 18.2 Å². The Morgan fingerprint density at radius 1 is 1.32 bits per heavy atom. The predicted octanol–water partition coefficient (Wildman–Crippen LogP) is 4.15. The van der Waals surface area contributed by atoms with E-state index in [9.17, 15) is 4.79 Å². The van der Waals surface area contributed by atoms with Gasteiger partial charge < -0.3 is 4.74 Å². The standard InChI is InChI=1S/C16H16O2S/c1-18-10-11-3-2-4-13(9-11)14-7-8-15(19-14)16(17)12-5-6-12/h2-4,7-9,12H,5-6,10H2,1H3. The van der Waals surface area contributed by atoms with E-state index in [-0.39, 0.29) is 0 Å². The zero-order valence-electron chi connectivity index (χ0n) is 10.9. The van der Waals surface area contributed by atoms with Crippen LogP contribution >= 0.6 is 11.3 Å². The minimum Gasteiger partial charge on any atom is -0.380 e. The summed E-state index contributed by atoms with van der Waals surface area (Å²) in [5.41, 5.74) is 2.32. The largest absolute Gasteiger partial charge is 0.380 e. The van der Waals surface area contributed by atoms with Gasteiger partial charge in [0.2, 0.25) is 0 Å². The zero-order chi connectivity index (χ0) is 13.2. The summed E-state index contributed by atoms with van der Waals surface area (Å²) in [7, 11) is 1.70. The lowest BCUT2D eigenvalue weighted by atomic mass is 10.1. The van der Waals surface area contributed by atoms with Crippen molar-refractivity contribution in [3.05, 3.63) is 46.8 Å². The third kappa shape index (κ3) is 2.77. The minimum atomic E-state index is 0.298. The molecule has 1 saturated carbocycles. The zero-order valence-corrected chi connectivity index (χ0v) is 11.7. The molecule has 1 aromatic heterocycles. The number of methoxy groups -OCH3 is 1. The molecule has 1 aliphatic rings. The van der Waals surface area contributed by atoms with Gasteiger partial charge in [-0.25, -0.2) is 0 Å². The number of carbonyl (C=O) groups excluding carboxylic acids is 1. The fourth-order valence-corrected chi connectivity index (χ4v) is 3.17. The summed E-state index contributed by atoms with van der Waals surface area (Å²) in [5.74, 6) is 0.621. The van der Waals surface area contributed by atoms with E-state index in [4.69, 9.17) is 4.74 Å². The van der Waals surface area contributed by atoms with Gasteiger partial charge in [0.25, 0.3) is 0 Å². The smallest absolute Gasteiger partial charge is 0.175 e. The van der Waals surface area contributed by atoms with E-state index in [0.29, 0.717) is 18.3 Å². The van der Waals surface area contributed by atoms with Gasteiger partial charge >= 0.3 is 0 Å². The number of benzene rings is 1. The highest BCUT2D eigenvalue weighted by Crippen LogP contribution is 2.36. The van der Waals surface area contributed by atoms with Crippen LogP contribution in [0.1, 0.15) is 28.1 Å². The third-order valence-electron chi connectivity index (χ3n) is 3.32. The molecule has 1 aromatic carbocycles. The van der Waals surface area contributed by atoms with Crippen LogP contribution in [0.4, 0.5) is 0 Å². The van der Waals surface area contributed by atoms with Crippen molar-refractivity contribution < 1.29 is 9.53 Å². The van der Waals surface area contributed by atoms with Crippen molar-refractivity contribution in [1.29, 1.82) is 0 Å². The summed E-state index contributed by atoms with van der Waals surface area (Å²) in [6.07, 6.45) is 2.13. The molecule has 1 aliphatic carbocycles. The highest BCUT2D eigenvalue weighted by atomic mass is 32.1. The fourth-order valence-electron chi connectivity index (χ4n) is 2.15. The topological polar surface area (TPSA) is 26.3 Å². The van der Waals surface area contributed by atoms with Crippen LogP contribution in [0.5, 0.6) is 0 Å². The van der Waals surface area contributed by atoms with Crippen molar-refractivity contribution >= 4 is 17.1 Å². The Kier molecular flexibility index (Phi) is 3.49. The number of hydrogen-bond acceptors (Lipinski definition) is 3. The summed E-state index contributed by atoms with van der Waals surface area (Å²) >= 11 is 1.60. The lowest BCUT2D eigenvalue weighted by molar-refractivity contribution is 0.0971. The van der Waals surface area contributed by atoms with Gasteiger partial charge in [-0.05, 0) is 42.2 Å². The van der Waals surface area contributed by atoms with Gasteiger partial charge in [0, 0.05) is 17.9 Å². The molecular formula is C16H16O2S. The number of hydrogen-bond donors (Lipinski definition) is 0. The summed E-state index contributed by atoms with van der Waals surface area (Å²) in [6.45, 7) is 0.618. The van der Waals surface area contributed by atoms with E-state index in [0.717, 1.165) is 33.7 Å². The van der Waals surface area contributed by atoms with E-state index < -0.39 is 0 Å². The summed E-state index contributed by atoms with van der Waals surface area (Å²) in [6, 6.07) is 12.3. The van der Waals surface area contributed by atoms with Crippen molar-refractivity contribution in [2.24, 2.45) is 5.92 Å². The molecule has 19 heavy (non-hydrogen) atoms. The van der Waals surface area contributed by atoms with Crippen LogP contribution in [0.25, 0.3) is 10.4 Å². The monoisotopic (exact) mass is 272 g/mol. The second-order valence-electron chi connectivity index (χ2n) is 4.94. The van der Waals surface area contributed by atoms with Crippen molar-refractivity contribution in [3.63, 3.8) is 0 Å². The number of ketones is 1. The Bertz CT molecular complexity index is 596. The molecule has 1 heterocycles. The summed E-state index contributed by atoms with van der Waals surface area (Å²) < 4.78 is 5.15. The first-order valence-corrected chi connectivity index (χ1v) is 7.32. The molecule has 0 aliphatic heterocycles. The Morgan fingerprint density at radius 3 is 2.89 bits per heavy atom. The molecule has 0 N–H and O–H groups in total. The van der Waals surface area contributed by atoms with Crippen LogP contribution in [0.2, 0.25) is 0 Å². The second kappa shape index (κ2) is 5.27. The molecule has 2 aromatic rings. The molecule has 1 fully saturated rings. The molecule has 98 valence electrons. The van der Waals surface area contributed by atoms with Crippen LogP contribution in [0.3, 0.4) is 0 Å². The van der Waals surface area contributed by atoms with Crippen LogP contribution in [0.15, 0.2) is 36.4 Å². The third-order valence-corrected chi connectivity index (χ3v) is 4.47. The van der Waals surface area contributed by atoms with Gasteiger partial charge in [-0.2, -0.15) is 0 Å². The molecule has 0 saturated heterocycles. The molecule has 3 heteroatoms. The quantitative estimate of drug-likeness (QED) is 0.764. The second-order valence-corrected chi connectivity index (χ2v) is 6.02. The Hall–Kier alpha value is -1.45. The maximum Gasteiger partial charge on any atom is 0.175 e. The first-order chi connectivity index (χ1) is 9.28. The van der Waals surface area contributed by atoms with Crippen LogP contribution in [-0.2, 0) is 11.3 Å². The highest BCUT2D eigenvalue weighted by Gasteiger charge is 2.31. The lowest BCUT2D eigenvalue weighted by Crippen LogP contribution is -1.96. The first kappa shape index (κ1) is 12.6. The van der Waals surface area contributed by atoms with Crippen LogP contribution < -0.4 is 0 Å². The maximum absolute atomic E-state index is 12.0. The fraction of sp³-hybridized carbons (Fsp3) is 0.312. The molecule has 0 radical (unpaired) electrons. The molecule has 0 amide bonds. The predicted molar refractivity (Wildman–Crippen MR) is 77.5 cm³/mol. The van der Waals surface area contributed by atoms with Crippen LogP contribution in [0, 0.1) is 5.92 Å². The number of rotatable bonds is 5. The van der Waals surface area contributed by atoms with Crippen LogP contribution in [-0.4, -0.2) is 12.9 Å². The average molecular weight is 272 g/mol. The molecular weight excluding hydrogens is 256 g/mol. The van der Waals surface area contributed by atoms with E-state index in [2.05, 4.69) is 18.2 Å². The van der Waals surface area contributed by atoms with Gasteiger partial charge in [-0.15, -0.1) is 11.3 Å². The van der Waals surface area contributed by atoms with Gasteiger partial charge in [0.1, 0.15) is 0 Å². The number of thiophene rings is 1. The molecule has 3 rings (SSSR count). The number of ether oxygens (including phenoxy) is 1. The minimum absolute atomic E-state index is 0.298. The van der Waals surface area contributed by atoms with Gasteiger partial charge in [-0.3, -0.25) is 4.79 Å². The van der Waals surface area contributed by atoms with E-state index in [1.54, 1.807) is 18.4 Å². The summed E-state index contributed by atoms with van der Waals surface area (Å²) in [4.78, 5) is 14.1. The maximum atomic E-state index is 12.0. The van der Waals surface area contributed by atoms with Crippen molar-refractivity contribution in [2.45, 2.75) is 19.4 Å². The van der Waals surface area contributed by atoms with Gasteiger partial charge in [0.15, 0.2) is 5.78 Å². The number of Topliss-reactive ketones (excluding diaryl/α,β-unsaturated/α-hetero) is 1. The average Bonchev–Trinajstić information content (AvgIpc) is 3.16.